The number of ether oxygens (including phenoxy) is 1. The highest BCUT2D eigenvalue weighted by Crippen LogP contribution is 2.28. The maximum Gasteiger partial charge on any atom is 0.257 e. The summed E-state index contributed by atoms with van der Waals surface area (Å²) in [4.78, 5) is 12.1. The van der Waals surface area contributed by atoms with Gasteiger partial charge in [-0.1, -0.05) is 17.7 Å². The molecule has 0 bridgehead atoms. The second kappa shape index (κ2) is 5.79. The topological polar surface area (TPSA) is 64.3 Å². The number of nitrogens with two attached hydrogens (primary N) is 1. The third-order valence-corrected chi connectivity index (χ3v) is 3.11. The lowest BCUT2D eigenvalue weighted by Crippen LogP contribution is -2.13. The summed E-state index contributed by atoms with van der Waals surface area (Å²) >= 11 is 5.98. The molecule has 0 saturated carbocycles. The second-order valence-electron chi connectivity index (χ2n) is 4.01. The molecule has 0 unspecified atom stereocenters. The van der Waals surface area contributed by atoms with E-state index >= 15 is 0 Å². The molecular formula is C14H12ClFN2O2. The number of benzene rings is 2. The fraction of sp³-hybridized carbons (Fsp3) is 0.0714. The molecule has 6 heteroatoms. The highest BCUT2D eigenvalue weighted by atomic mass is 35.5. The average molecular weight is 295 g/mol. The molecule has 0 radical (unpaired) electrons. The van der Waals surface area contributed by atoms with Gasteiger partial charge in [0, 0.05) is 6.07 Å². The first-order valence-electron chi connectivity index (χ1n) is 5.72. The van der Waals surface area contributed by atoms with Gasteiger partial charge in [-0.2, -0.15) is 0 Å². The molecule has 2 rings (SSSR count). The van der Waals surface area contributed by atoms with Gasteiger partial charge in [0.05, 0.1) is 29.1 Å². The maximum absolute atomic E-state index is 13.1. The van der Waals surface area contributed by atoms with Crippen molar-refractivity contribution in [3.8, 4) is 5.75 Å². The van der Waals surface area contributed by atoms with Crippen LogP contribution in [0.15, 0.2) is 36.4 Å². The van der Waals surface area contributed by atoms with Crippen molar-refractivity contribution in [2.75, 3.05) is 18.2 Å². The van der Waals surface area contributed by atoms with Crippen LogP contribution in [0.25, 0.3) is 0 Å². The van der Waals surface area contributed by atoms with Crippen LogP contribution in [-0.2, 0) is 0 Å². The third-order valence-electron chi connectivity index (χ3n) is 2.68. The molecule has 20 heavy (non-hydrogen) atoms. The molecule has 3 N–H and O–H groups in total. The molecule has 0 aliphatic rings. The van der Waals surface area contributed by atoms with E-state index in [9.17, 15) is 9.18 Å². The van der Waals surface area contributed by atoms with Gasteiger partial charge < -0.3 is 15.8 Å². The average Bonchev–Trinajstić information content (AvgIpc) is 2.43. The lowest BCUT2D eigenvalue weighted by molar-refractivity contribution is 0.102. The van der Waals surface area contributed by atoms with Crippen molar-refractivity contribution in [2.24, 2.45) is 0 Å². The molecule has 0 saturated heterocycles. The highest BCUT2D eigenvalue weighted by Gasteiger charge is 2.14. The number of nitrogen functional groups attached to an aromatic ring is 1. The van der Waals surface area contributed by atoms with Crippen molar-refractivity contribution in [3.05, 3.63) is 52.8 Å². The van der Waals surface area contributed by atoms with Gasteiger partial charge in [0.25, 0.3) is 5.91 Å². The van der Waals surface area contributed by atoms with Crippen molar-refractivity contribution in [1.29, 1.82) is 0 Å². The lowest BCUT2D eigenvalue weighted by Gasteiger charge is -2.11. The fourth-order valence-corrected chi connectivity index (χ4v) is 1.89. The number of hydrogen-bond acceptors (Lipinski definition) is 3. The number of methoxy groups -OCH3 is 1. The van der Waals surface area contributed by atoms with Gasteiger partial charge in [-0.3, -0.25) is 4.79 Å². The molecule has 0 heterocycles. The summed E-state index contributed by atoms with van der Waals surface area (Å²) in [6, 6.07) is 8.57. The Labute approximate surface area is 120 Å². The van der Waals surface area contributed by atoms with Crippen LogP contribution in [0.3, 0.4) is 0 Å². The Hall–Kier alpha value is -2.27. The number of amides is 1. The van der Waals surface area contributed by atoms with E-state index in [1.165, 1.54) is 25.3 Å². The van der Waals surface area contributed by atoms with E-state index in [4.69, 9.17) is 22.1 Å². The van der Waals surface area contributed by atoms with Gasteiger partial charge in [-0.25, -0.2) is 4.39 Å². The molecular weight excluding hydrogens is 283 g/mol. The minimum atomic E-state index is -0.457. The molecule has 1 amide bonds. The summed E-state index contributed by atoms with van der Waals surface area (Å²) in [5.41, 5.74) is 6.53. The number of carbonyl (C=O) groups is 1. The van der Waals surface area contributed by atoms with Gasteiger partial charge >= 0.3 is 0 Å². The second-order valence-corrected chi connectivity index (χ2v) is 4.39. The first kappa shape index (κ1) is 14.1. The summed E-state index contributed by atoms with van der Waals surface area (Å²) in [6.45, 7) is 0. The highest BCUT2D eigenvalue weighted by molar-refractivity contribution is 6.36. The van der Waals surface area contributed by atoms with Crippen LogP contribution in [0.2, 0.25) is 5.02 Å². The van der Waals surface area contributed by atoms with E-state index in [-0.39, 0.29) is 16.3 Å². The van der Waals surface area contributed by atoms with E-state index in [1.54, 1.807) is 18.2 Å². The molecule has 0 fully saturated rings. The predicted molar refractivity (Wildman–Crippen MR) is 76.8 cm³/mol. The summed E-state index contributed by atoms with van der Waals surface area (Å²) < 4.78 is 18.1. The Kier molecular flexibility index (Phi) is 4.10. The Balaban J connectivity index is 2.30. The number of halogens is 2. The molecule has 0 atom stereocenters. The quantitative estimate of drug-likeness (QED) is 0.854. The Morgan fingerprint density at radius 2 is 2.10 bits per heavy atom. The number of nitrogens with one attached hydrogen (secondary N) is 1. The van der Waals surface area contributed by atoms with Gasteiger partial charge in [0.2, 0.25) is 0 Å². The number of rotatable bonds is 3. The SMILES string of the molecule is COc1cc(F)ccc1NC(=O)c1cccc(N)c1Cl. The standard InChI is InChI=1S/C14H12ClFN2O2/c1-20-12-7-8(16)5-6-11(12)18-14(19)9-3-2-4-10(17)13(9)15/h2-7H,17H2,1H3,(H,18,19). The zero-order chi connectivity index (χ0) is 14.7. The molecule has 0 aliphatic heterocycles. The number of hydrogen-bond donors (Lipinski definition) is 2. The van der Waals surface area contributed by atoms with Crippen LogP contribution in [-0.4, -0.2) is 13.0 Å². The van der Waals surface area contributed by atoms with Crippen LogP contribution >= 0.6 is 11.6 Å². The van der Waals surface area contributed by atoms with Crippen LogP contribution in [0.5, 0.6) is 5.75 Å². The lowest BCUT2D eigenvalue weighted by atomic mass is 10.1. The molecule has 2 aromatic carbocycles. The van der Waals surface area contributed by atoms with Crippen molar-refractivity contribution in [3.63, 3.8) is 0 Å². The summed E-state index contributed by atoms with van der Waals surface area (Å²) in [5, 5.41) is 2.77. The monoisotopic (exact) mass is 294 g/mol. The van der Waals surface area contributed by atoms with Crippen LogP contribution in [0.1, 0.15) is 10.4 Å². The van der Waals surface area contributed by atoms with Gasteiger partial charge in [0.1, 0.15) is 11.6 Å². The van der Waals surface area contributed by atoms with Crippen molar-refractivity contribution in [1.82, 2.24) is 0 Å². The minimum Gasteiger partial charge on any atom is -0.494 e. The Morgan fingerprint density at radius 3 is 2.80 bits per heavy atom. The van der Waals surface area contributed by atoms with Crippen molar-refractivity contribution in [2.45, 2.75) is 0 Å². The molecule has 0 aliphatic carbocycles. The van der Waals surface area contributed by atoms with E-state index < -0.39 is 11.7 Å². The van der Waals surface area contributed by atoms with Crippen LogP contribution in [0.4, 0.5) is 15.8 Å². The Morgan fingerprint density at radius 1 is 1.35 bits per heavy atom. The van der Waals surface area contributed by atoms with E-state index in [2.05, 4.69) is 5.32 Å². The molecule has 0 aromatic heterocycles. The van der Waals surface area contributed by atoms with Crippen LogP contribution < -0.4 is 15.8 Å². The maximum atomic E-state index is 13.1. The van der Waals surface area contributed by atoms with Crippen LogP contribution in [0, 0.1) is 5.82 Å². The van der Waals surface area contributed by atoms with E-state index in [1.807, 2.05) is 0 Å². The van der Waals surface area contributed by atoms with E-state index in [0.29, 0.717) is 11.4 Å². The zero-order valence-corrected chi connectivity index (χ0v) is 11.4. The number of carbonyl (C=O) groups excluding carboxylic acids is 1. The third kappa shape index (κ3) is 2.83. The van der Waals surface area contributed by atoms with E-state index in [0.717, 1.165) is 0 Å². The summed E-state index contributed by atoms with van der Waals surface area (Å²) in [7, 11) is 1.39. The smallest absolute Gasteiger partial charge is 0.257 e. The minimum absolute atomic E-state index is 0.172. The predicted octanol–water partition coefficient (Wildman–Crippen LogP) is 3.32. The normalized spacial score (nSPS) is 10.2. The molecule has 2 aromatic rings. The fourth-order valence-electron chi connectivity index (χ4n) is 1.68. The van der Waals surface area contributed by atoms with Gasteiger partial charge in [-0.15, -0.1) is 0 Å². The largest absolute Gasteiger partial charge is 0.494 e. The number of anilines is 2. The Bertz CT molecular complexity index is 662. The zero-order valence-electron chi connectivity index (χ0n) is 10.6. The first-order valence-corrected chi connectivity index (χ1v) is 6.09. The summed E-state index contributed by atoms with van der Waals surface area (Å²) in [5.74, 6) is -0.688. The van der Waals surface area contributed by atoms with Crippen molar-refractivity contribution < 1.29 is 13.9 Å². The van der Waals surface area contributed by atoms with Gasteiger partial charge in [0.15, 0.2) is 0 Å². The van der Waals surface area contributed by atoms with Gasteiger partial charge in [-0.05, 0) is 24.3 Å². The molecule has 104 valence electrons. The summed E-state index contributed by atoms with van der Waals surface area (Å²) in [6.07, 6.45) is 0. The first-order chi connectivity index (χ1) is 9.52. The molecule has 4 nitrogen and oxygen atoms in total. The van der Waals surface area contributed by atoms with Crippen molar-refractivity contribution >= 4 is 28.9 Å². The molecule has 0 spiro atoms.